The maximum atomic E-state index is 13.2. The predicted octanol–water partition coefficient (Wildman–Crippen LogP) is 5.39. The van der Waals surface area contributed by atoms with Gasteiger partial charge in [0.15, 0.2) is 0 Å². The van der Waals surface area contributed by atoms with E-state index < -0.39 is 28.6 Å². The average Bonchev–Trinajstić information content (AvgIpc) is 2.47. The second-order valence-electron chi connectivity index (χ2n) is 5.71. The average molecular weight is 342 g/mol. The molecule has 1 amide bonds. The van der Waals surface area contributed by atoms with Crippen molar-refractivity contribution in [2.24, 2.45) is 0 Å². The van der Waals surface area contributed by atoms with E-state index in [1.807, 2.05) is 41.5 Å². The summed E-state index contributed by atoms with van der Waals surface area (Å²) < 4.78 is 41.2. The van der Waals surface area contributed by atoms with Gasteiger partial charge in [-0.15, -0.1) is 0 Å². The molecule has 0 N–H and O–H groups in total. The van der Waals surface area contributed by atoms with E-state index in [1.165, 1.54) is 4.23 Å². The molecule has 21 heavy (non-hydrogen) atoms. The van der Waals surface area contributed by atoms with Crippen molar-refractivity contribution in [2.75, 3.05) is 0 Å². The first kappa shape index (κ1) is 20.7. The molecule has 0 aliphatic rings. The van der Waals surface area contributed by atoms with Gasteiger partial charge in [-0.1, -0.05) is 41.5 Å². The van der Waals surface area contributed by atoms with Crippen molar-refractivity contribution in [3.8, 4) is 0 Å². The summed E-state index contributed by atoms with van der Waals surface area (Å²) in [7, 11) is -4.79. The second-order valence-corrected chi connectivity index (χ2v) is 16.2. The number of carbonyl (C=O) groups is 1. The van der Waals surface area contributed by atoms with Gasteiger partial charge >= 0.3 is 12.1 Å². The van der Waals surface area contributed by atoms with Crippen LogP contribution < -0.4 is 0 Å². The Morgan fingerprint density at radius 1 is 0.762 bits per heavy atom. The standard InChI is InChI=1S/C14H30F3NOSi2/c1-7-20(8-2,9-3)18(13(19)14(15,16)17)21(10-4,11-5)12-6/h7-12H2,1-6H3. The lowest BCUT2D eigenvalue weighted by molar-refractivity contribution is -0.177. The number of halogens is 3. The monoisotopic (exact) mass is 341 g/mol. The van der Waals surface area contributed by atoms with Gasteiger partial charge in [0.25, 0.3) is 0 Å². The maximum absolute atomic E-state index is 13.2. The minimum absolute atomic E-state index is 0.705. The number of hydrogen-bond donors (Lipinski definition) is 0. The third-order valence-corrected chi connectivity index (χ3v) is 18.4. The lowest BCUT2D eigenvalue weighted by Crippen LogP contribution is -2.70. The molecule has 0 aromatic carbocycles. The molecule has 0 atom stereocenters. The fourth-order valence-corrected chi connectivity index (χ4v) is 16.4. The molecular weight excluding hydrogens is 311 g/mol. The molecule has 0 fully saturated rings. The molecule has 2 nitrogen and oxygen atoms in total. The summed E-state index contributed by atoms with van der Waals surface area (Å²) in [6.45, 7) is 11.7. The Morgan fingerprint density at radius 2 is 1.00 bits per heavy atom. The minimum Gasteiger partial charge on any atom is -0.387 e. The summed E-state index contributed by atoms with van der Waals surface area (Å²) in [5.74, 6) is -1.56. The third kappa shape index (κ3) is 3.91. The topological polar surface area (TPSA) is 20.3 Å². The largest absolute Gasteiger partial charge is 0.469 e. The summed E-state index contributed by atoms with van der Waals surface area (Å²) in [5.41, 5.74) is 0. The van der Waals surface area contributed by atoms with Crippen LogP contribution in [0.4, 0.5) is 13.2 Å². The molecule has 126 valence electrons. The Balaban J connectivity index is 6.19. The van der Waals surface area contributed by atoms with E-state index >= 15 is 0 Å². The fourth-order valence-electron chi connectivity index (χ4n) is 3.51. The number of carbonyl (C=O) groups excluding carboxylic acids is 1. The minimum atomic E-state index is -4.75. The smallest absolute Gasteiger partial charge is 0.387 e. The van der Waals surface area contributed by atoms with Gasteiger partial charge in [-0.3, -0.25) is 4.79 Å². The summed E-state index contributed by atoms with van der Waals surface area (Å²) in [4.78, 5) is 12.3. The van der Waals surface area contributed by atoms with Crippen LogP contribution in [0.1, 0.15) is 41.5 Å². The molecule has 0 aliphatic carbocycles. The van der Waals surface area contributed by atoms with Gasteiger partial charge < -0.3 is 4.23 Å². The number of amides is 1. The number of hydrogen-bond acceptors (Lipinski definition) is 1. The van der Waals surface area contributed by atoms with Crippen LogP contribution in [-0.2, 0) is 4.79 Å². The molecule has 0 heterocycles. The third-order valence-electron chi connectivity index (χ3n) is 5.34. The van der Waals surface area contributed by atoms with Gasteiger partial charge in [0.2, 0.25) is 0 Å². The SMILES string of the molecule is CC[Si](CC)(CC)N(C(=O)C(F)(F)F)[Si](CC)(CC)CC. The fraction of sp³-hybridized carbons (Fsp3) is 0.929. The van der Waals surface area contributed by atoms with Gasteiger partial charge in [-0.25, -0.2) is 0 Å². The van der Waals surface area contributed by atoms with E-state index in [9.17, 15) is 18.0 Å². The van der Waals surface area contributed by atoms with Gasteiger partial charge in [0.05, 0.1) is 0 Å². The molecular formula is C14H30F3NOSi2. The van der Waals surface area contributed by atoms with Crippen molar-refractivity contribution in [1.82, 2.24) is 4.23 Å². The Labute approximate surface area is 129 Å². The van der Waals surface area contributed by atoms with Gasteiger partial charge in [0.1, 0.15) is 16.5 Å². The lowest BCUT2D eigenvalue weighted by atomic mass is 10.6. The highest BCUT2D eigenvalue weighted by Crippen LogP contribution is 2.38. The molecule has 0 rings (SSSR count). The van der Waals surface area contributed by atoms with Crippen LogP contribution in [0.15, 0.2) is 0 Å². The molecule has 0 radical (unpaired) electrons. The summed E-state index contributed by atoms with van der Waals surface area (Å²) in [6, 6.07) is 4.23. The Morgan fingerprint density at radius 3 is 1.14 bits per heavy atom. The van der Waals surface area contributed by atoms with Crippen molar-refractivity contribution in [1.29, 1.82) is 0 Å². The van der Waals surface area contributed by atoms with Crippen LogP contribution in [0, 0.1) is 0 Å². The Bertz CT molecular complexity index is 303. The zero-order chi connectivity index (χ0) is 16.9. The number of nitrogens with zero attached hydrogens (tertiary/aromatic N) is 1. The second kappa shape index (κ2) is 7.81. The first-order chi connectivity index (χ1) is 9.64. The molecule has 0 bridgehead atoms. The van der Waals surface area contributed by atoms with Crippen LogP contribution in [0.2, 0.25) is 36.3 Å². The zero-order valence-electron chi connectivity index (χ0n) is 14.2. The first-order valence-electron chi connectivity index (χ1n) is 8.06. The highest BCUT2D eigenvalue weighted by molar-refractivity contribution is 6.95. The molecule has 0 aromatic rings. The number of rotatable bonds is 8. The first-order valence-corrected chi connectivity index (χ1v) is 13.2. The van der Waals surface area contributed by atoms with E-state index in [4.69, 9.17) is 0 Å². The predicted molar refractivity (Wildman–Crippen MR) is 87.3 cm³/mol. The van der Waals surface area contributed by atoms with Gasteiger partial charge in [0, 0.05) is 0 Å². The normalized spacial score (nSPS) is 13.4. The van der Waals surface area contributed by atoms with E-state index in [0.29, 0.717) is 36.3 Å². The molecule has 0 unspecified atom stereocenters. The van der Waals surface area contributed by atoms with Crippen LogP contribution in [0.3, 0.4) is 0 Å². The molecule has 0 saturated carbocycles. The molecule has 0 aliphatic heterocycles. The summed E-state index contributed by atoms with van der Waals surface area (Å²) in [6.07, 6.45) is -4.75. The molecule has 0 spiro atoms. The maximum Gasteiger partial charge on any atom is 0.469 e. The molecule has 0 saturated heterocycles. The van der Waals surface area contributed by atoms with Crippen LogP contribution in [0.5, 0.6) is 0 Å². The van der Waals surface area contributed by atoms with Crippen molar-refractivity contribution in [3.63, 3.8) is 0 Å². The molecule has 7 heteroatoms. The highest BCUT2D eigenvalue weighted by Gasteiger charge is 2.55. The lowest BCUT2D eigenvalue weighted by Gasteiger charge is -2.52. The van der Waals surface area contributed by atoms with Crippen molar-refractivity contribution in [2.45, 2.75) is 84.0 Å². The van der Waals surface area contributed by atoms with E-state index in [0.717, 1.165) is 0 Å². The Kier molecular flexibility index (Phi) is 7.69. The summed E-state index contributed by atoms with van der Waals surface area (Å²) >= 11 is 0. The van der Waals surface area contributed by atoms with Gasteiger partial charge in [-0.05, 0) is 36.3 Å². The van der Waals surface area contributed by atoms with Crippen molar-refractivity contribution < 1.29 is 18.0 Å². The quantitative estimate of drug-likeness (QED) is 0.542. The molecule has 0 aromatic heterocycles. The van der Waals surface area contributed by atoms with Crippen LogP contribution >= 0.6 is 0 Å². The van der Waals surface area contributed by atoms with Crippen LogP contribution in [0.25, 0.3) is 0 Å². The van der Waals surface area contributed by atoms with Gasteiger partial charge in [-0.2, -0.15) is 13.2 Å². The van der Waals surface area contributed by atoms with E-state index in [2.05, 4.69) is 0 Å². The highest BCUT2D eigenvalue weighted by atomic mass is 28.4. The van der Waals surface area contributed by atoms with Crippen molar-refractivity contribution >= 4 is 22.4 Å². The summed E-state index contributed by atoms with van der Waals surface area (Å²) in [5, 5.41) is 0. The van der Waals surface area contributed by atoms with Crippen molar-refractivity contribution in [3.05, 3.63) is 0 Å². The van der Waals surface area contributed by atoms with Crippen LogP contribution in [-0.4, -0.2) is 32.8 Å². The van der Waals surface area contributed by atoms with E-state index in [1.54, 1.807) is 0 Å². The number of alkyl halides is 3. The Hall–Kier alpha value is -0.306. The van der Waals surface area contributed by atoms with E-state index in [-0.39, 0.29) is 0 Å². The zero-order valence-corrected chi connectivity index (χ0v) is 16.2.